The number of anilines is 2. The minimum absolute atomic E-state index is 0. The van der Waals surface area contributed by atoms with Gasteiger partial charge in [0.25, 0.3) is 138 Å². The molecule has 4 aromatic rings. The van der Waals surface area contributed by atoms with Gasteiger partial charge in [-0.05, 0) is 124 Å². The van der Waals surface area contributed by atoms with Crippen LogP contribution in [0.2, 0.25) is 0 Å². The summed E-state index contributed by atoms with van der Waals surface area (Å²) in [4.78, 5) is 96.2. The van der Waals surface area contributed by atoms with E-state index in [0.29, 0.717) is 0 Å². The van der Waals surface area contributed by atoms with E-state index in [4.69, 9.17) is 47.3 Å². The number of hydrogen-bond acceptors (Lipinski definition) is 31. The van der Waals surface area contributed by atoms with E-state index in [1.165, 1.54) is 18.2 Å². The Morgan fingerprint density at radius 1 is 0.269 bits per heavy atom. The van der Waals surface area contributed by atoms with Crippen LogP contribution in [0.5, 0.6) is 0 Å². The highest BCUT2D eigenvalue weighted by Crippen LogP contribution is 2.20. The lowest BCUT2D eigenvalue weighted by atomic mass is 10.1. The lowest BCUT2D eigenvalue weighted by Gasteiger charge is -2.11. The number of primary sulfonamides is 1. The van der Waals surface area contributed by atoms with E-state index in [-0.39, 0.29) is 167 Å². The van der Waals surface area contributed by atoms with Crippen LogP contribution < -0.4 is 58.1 Å². The first-order chi connectivity index (χ1) is 53.6. The van der Waals surface area contributed by atoms with E-state index in [2.05, 4.69) is 47.3 Å². The van der Waals surface area contributed by atoms with E-state index in [0.717, 1.165) is 60.9 Å². The molecule has 0 radical (unpaired) electrons. The number of sulfonamides is 2. The number of amides is 8. The molecule has 0 aliphatic carbocycles. The zero-order chi connectivity index (χ0) is 90.9. The Morgan fingerprint density at radius 3 is 0.580 bits per heavy atom. The molecule has 0 aromatic heterocycles. The van der Waals surface area contributed by atoms with Crippen LogP contribution in [0.1, 0.15) is 142 Å². The van der Waals surface area contributed by atoms with Crippen LogP contribution in [-0.2, 0) is 111 Å². The van der Waals surface area contributed by atoms with Gasteiger partial charge in [-0.25, -0.2) is 22.0 Å². The molecule has 22 N–H and O–H groups in total. The van der Waals surface area contributed by atoms with Crippen molar-refractivity contribution < 1.29 is 172 Å². The van der Waals surface area contributed by atoms with Crippen LogP contribution in [0, 0.1) is 0 Å². The minimum atomic E-state index is -4.79. The quantitative estimate of drug-likeness (QED) is 0.0115. The lowest BCUT2D eigenvalue weighted by molar-refractivity contribution is 0.0937. The third-order valence-electron chi connectivity index (χ3n) is 13.6. The molecule has 0 aliphatic rings. The maximum atomic E-state index is 12.3. The molecule has 61 heteroatoms. The first-order valence-corrected chi connectivity index (χ1v) is 50.6. The molecule has 4 rings (SSSR count). The molecule has 0 fully saturated rings. The van der Waals surface area contributed by atoms with Gasteiger partial charge in [0.1, 0.15) is 0 Å². The zero-order valence-corrected chi connectivity index (χ0v) is 70.3. The second-order valence-corrected chi connectivity index (χ2v) is 41.5. The summed E-state index contributed by atoms with van der Waals surface area (Å²) in [6.07, 6.45) is 0.237. The van der Waals surface area contributed by atoms with Crippen molar-refractivity contribution >= 4 is 170 Å². The molecular formula is C58H89N11O39S11. The van der Waals surface area contributed by atoms with Gasteiger partial charge < -0.3 is 48.3 Å². The first kappa shape index (κ1) is 110. The summed E-state index contributed by atoms with van der Waals surface area (Å²) >= 11 is 0. The first-order valence-electron chi connectivity index (χ1n) is 32.8. The van der Waals surface area contributed by atoms with E-state index in [9.17, 15) is 136 Å². The maximum absolute atomic E-state index is 12.3. The van der Waals surface area contributed by atoms with Gasteiger partial charge in [0.15, 0.2) is 0 Å². The van der Waals surface area contributed by atoms with E-state index in [1.807, 2.05) is 0 Å². The third-order valence-corrected chi connectivity index (χ3v) is 22.4. The van der Waals surface area contributed by atoms with Crippen molar-refractivity contribution in [3.63, 3.8) is 0 Å². The number of carbonyl (C=O) groups is 8. The molecule has 0 bridgehead atoms. The van der Waals surface area contributed by atoms with Crippen molar-refractivity contribution in [2.24, 2.45) is 5.14 Å². The monoisotopic (exact) mass is 1920 g/mol. The maximum Gasteiger partial charge on any atom is 0.294 e. The fraction of sp³-hybridized carbons (Fsp3) is 0.448. The smallest absolute Gasteiger partial charge is 0.294 e. The van der Waals surface area contributed by atoms with Gasteiger partial charge in [0, 0.05) is 103 Å². The summed E-state index contributed by atoms with van der Waals surface area (Å²) in [6, 6.07) is 12.9. The zero-order valence-electron chi connectivity index (χ0n) is 61.3. The highest BCUT2D eigenvalue weighted by molar-refractivity contribution is 7.92. The average Bonchev–Trinajstić information content (AvgIpc) is 0.798. The molecule has 676 valence electrons. The highest BCUT2D eigenvalue weighted by atomic mass is 32.3. The number of nitrogens with one attached hydrogen (secondary N) is 9. The summed E-state index contributed by atoms with van der Waals surface area (Å²) in [5.74, 6) is -10.6. The Labute approximate surface area is 685 Å². The van der Waals surface area contributed by atoms with Gasteiger partial charge in [-0.1, -0.05) is 7.43 Å². The molecule has 0 heterocycles. The number of nitrogen functional groups attached to an aromatic ring is 1. The normalized spacial score (nSPS) is 12.1. The Kier molecular flexibility index (Phi) is 45.1. The van der Waals surface area contributed by atoms with Gasteiger partial charge in [0.05, 0.1) is 67.8 Å². The van der Waals surface area contributed by atoms with E-state index < -0.39 is 214 Å². The van der Waals surface area contributed by atoms with Gasteiger partial charge in [-0.2, -0.15) is 75.8 Å². The predicted octanol–water partition coefficient (Wildman–Crippen LogP) is -3.71. The third kappa shape index (κ3) is 54.2. The van der Waals surface area contributed by atoms with Gasteiger partial charge in [-0.15, -0.1) is 0 Å². The number of hydrogen-bond donors (Lipinski definition) is 20. The molecule has 8 amide bonds. The van der Waals surface area contributed by atoms with Crippen molar-refractivity contribution in [2.45, 2.75) is 68.6 Å². The molecule has 0 atom stereocenters. The van der Waals surface area contributed by atoms with Crippen LogP contribution in [-0.4, -0.2) is 285 Å². The van der Waals surface area contributed by atoms with E-state index >= 15 is 0 Å². The molecular weight excluding hydrogens is 1830 g/mol. The van der Waals surface area contributed by atoms with Crippen molar-refractivity contribution in [3.05, 3.63) is 117 Å². The average molecular weight is 1920 g/mol. The van der Waals surface area contributed by atoms with Gasteiger partial charge in [-0.3, -0.25) is 84.1 Å². The van der Waals surface area contributed by atoms with Crippen LogP contribution in [0.15, 0.2) is 82.6 Å². The Bertz CT molecular complexity index is 5170. The van der Waals surface area contributed by atoms with Crippen molar-refractivity contribution in [2.75, 3.05) is 115 Å². The second-order valence-electron chi connectivity index (χ2n) is 24.2. The van der Waals surface area contributed by atoms with Crippen LogP contribution in [0.4, 0.5) is 11.4 Å². The summed E-state index contributed by atoms with van der Waals surface area (Å²) in [7, 11) is -46.3. The van der Waals surface area contributed by atoms with Crippen LogP contribution in [0.25, 0.3) is 0 Å². The predicted molar refractivity (Wildman–Crippen MR) is 423 cm³/mol. The van der Waals surface area contributed by atoms with Gasteiger partial charge in [0.2, 0.25) is 20.0 Å². The molecule has 0 saturated carbocycles. The fourth-order valence-electron chi connectivity index (χ4n) is 8.58. The topological polar surface area (TPSA) is 854 Å². The van der Waals surface area contributed by atoms with Crippen LogP contribution >= 0.6 is 0 Å². The molecule has 50 nitrogen and oxygen atoms in total. The summed E-state index contributed by atoms with van der Waals surface area (Å²) in [5, 5.41) is 23.8. The summed E-state index contributed by atoms with van der Waals surface area (Å²) < 4.78 is 320. The molecule has 119 heavy (non-hydrogen) atoms. The fourth-order valence-corrected chi connectivity index (χ4v) is 14.3. The lowest BCUT2D eigenvalue weighted by Crippen LogP contribution is -2.29. The van der Waals surface area contributed by atoms with Gasteiger partial charge >= 0.3 is 0 Å². The van der Waals surface area contributed by atoms with Crippen molar-refractivity contribution in [1.82, 2.24) is 42.5 Å². The minimum Gasteiger partial charge on any atom is -0.399 e. The number of benzene rings is 4. The molecule has 0 spiro atoms. The Balaban J connectivity index is 0.00000156. The Hall–Kier alpha value is -8.71. The summed E-state index contributed by atoms with van der Waals surface area (Å²) in [5.41, 5.74) is 4.49. The van der Waals surface area contributed by atoms with Crippen molar-refractivity contribution in [3.8, 4) is 0 Å². The highest BCUT2D eigenvalue weighted by Gasteiger charge is 2.23. The largest absolute Gasteiger partial charge is 0.399 e. The molecule has 0 saturated heterocycles. The number of nitrogens with two attached hydrogens (primary N) is 2. The molecule has 0 unspecified atom stereocenters. The second kappa shape index (κ2) is 48.7. The van der Waals surface area contributed by atoms with Crippen molar-refractivity contribution in [1.29, 1.82) is 0 Å². The standard InChI is InChI=1S/C15H23N3O10S3.C14H21N3O10S3.C14H21N3O8S2.C14H20N2O11S3.CH4/c1-29(21,22)18-13-9-11(14(19)16-4-2-6-30(23,24)25)8-12(10-13)15(20)17-5-3-7-31(26,27)28;15-30(26,27)12-8-10(13(18)16-3-1-5-28(20,21)22)7-11(9-12)14(19)17-4-2-6-29(23,24)25;15-12-8-10(13(18)16-3-1-5-26(20,21)22)7-11(9-12)14(19)17-4-2-6-27(23,24)25;17-13(15-3-1-5-28(19,20)21)10-7-11(9-12(8-10)30(25,26)27)14(18)16-4-2-6-29(22,23)24;/h8-10,18H,2-7H2,1H3,(H,16,19)(H,17,20)(H,23,24,25)(H,26,27,28);7-9H,1-6H2,(H,16,18)(H,17,19)(H2,15,26,27)(H,20,21,22)(H,23,24,25);7-9H,1-6,15H2,(H,16,18)(H,17,19)(H,20,21,22)(H,23,24,25);7-9H,1-6H2,(H,15,17)(H,16,18)(H,19,20,21)(H,22,23,24)(H,25,26,27);1H4. The number of carbonyl (C=O) groups excluding carboxylic acids is 8. The number of rotatable bonds is 44. The Morgan fingerprint density at radius 2 is 0.429 bits per heavy atom. The SMILES string of the molecule is C.CS(=O)(=O)Nc1cc(C(=O)NCCCS(=O)(=O)O)cc(C(=O)NCCCS(=O)(=O)O)c1.NS(=O)(=O)c1cc(C(=O)NCCCS(=O)(=O)O)cc(C(=O)NCCCS(=O)(=O)O)c1.Nc1cc(C(=O)NCCCS(=O)(=O)O)cc(C(=O)NCCCS(=O)(=O)O)c1.O=C(NCCCS(=O)(=O)O)c1cc(C(=O)NCCCS(=O)(=O)O)cc(S(=O)(=O)O)c1. The summed E-state index contributed by atoms with van der Waals surface area (Å²) in [6.45, 7) is -0.934. The van der Waals surface area contributed by atoms with E-state index in [1.54, 1.807) is 0 Å². The molecule has 0 aliphatic heterocycles. The van der Waals surface area contributed by atoms with Crippen LogP contribution in [0.3, 0.4) is 0 Å². The molecule has 4 aromatic carbocycles.